The summed E-state index contributed by atoms with van der Waals surface area (Å²) < 4.78 is 5.41. The molecule has 2 rings (SSSR count). The van der Waals surface area contributed by atoms with Gasteiger partial charge in [-0.3, -0.25) is 0 Å². The molecule has 1 aromatic carbocycles. The Labute approximate surface area is 126 Å². The first-order valence-corrected chi connectivity index (χ1v) is 7.62. The van der Waals surface area contributed by atoms with Gasteiger partial charge in [-0.15, -0.1) is 0 Å². The highest BCUT2D eigenvalue weighted by Gasteiger charge is 2.28. The summed E-state index contributed by atoms with van der Waals surface area (Å²) in [5.41, 5.74) is 6.52. The highest BCUT2D eigenvalue weighted by Crippen LogP contribution is 2.29. The Morgan fingerprint density at radius 2 is 1.90 bits per heavy atom. The van der Waals surface area contributed by atoms with Crippen LogP contribution in [0, 0.1) is 5.92 Å². The zero-order valence-corrected chi connectivity index (χ0v) is 13.2. The number of aryl methyl sites for hydroxylation is 1. The Morgan fingerprint density at radius 3 is 2.57 bits per heavy atom. The van der Waals surface area contributed by atoms with E-state index in [1.54, 1.807) is 0 Å². The van der Waals surface area contributed by atoms with Crippen LogP contribution in [0.3, 0.4) is 0 Å². The van der Waals surface area contributed by atoms with E-state index in [1.165, 1.54) is 5.56 Å². The number of rotatable bonds is 7. The summed E-state index contributed by atoms with van der Waals surface area (Å²) >= 11 is 0. The molecule has 0 fully saturated rings. The van der Waals surface area contributed by atoms with Crippen LogP contribution >= 0.6 is 0 Å². The minimum Gasteiger partial charge on any atom is -0.339 e. The smallest absolute Gasteiger partial charge is 0.226 e. The molecule has 1 heterocycles. The highest BCUT2D eigenvalue weighted by molar-refractivity contribution is 5.30. The number of nitrogens with zero attached hydrogens (tertiary/aromatic N) is 2. The molecular formula is C17H25N3O. The van der Waals surface area contributed by atoms with Crippen LogP contribution in [0.2, 0.25) is 0 Å². The minimum absolute atomic E-state index is 0.244. The lowest BCUT2D eigenvalue weighted by Crippen LogP contribution is -2.20. The van der Waals surface area contributed by atoms with E-state index in [9.17, 15) is 0 Å². The van der Waals surface area contributed by atoms with Gasteiger partial charge in [0, 0.05) is 6.42 Å². The van der Waals surface area contributed by atoms with Crippen LogP contribution in [0.1, 0.15) is 50.9 Å². The van der Waals surface area contributed by atoms with Gasteiger partial charge >= 0.3 is 0 Å². The first-order valence-electron chi connectivity index (χ1n) is 7.62. The second-order valence-electron chi connectivity index (χ2n) is 6.22. The molecule has 0 aliphatic rings. The summed E-state index contributed by atoms with van der Waals surface area (Å²) in [5, 5.41) is 4.18. The Bertz CT molecular complexity index is 548. The summed E-state index contributed by atoms with van der Waals surface area (Å²) in [7, 11) is 0. The van der Waals surface area contributed by atoms with Crippen molar-refractivity contribution in [3.8, 4) is 0 Å². The quantitative estimate of drug-likeness (QED) is 0.848. The van der Waals surface area contributed by atoms with E-state index in [1.807, 2.05) is 18.2 Å². The van der Waals surface area contributed by atoms with Crippen LogP contribution in [0.5, 0.6) is 0 Å². The summed E-state index contributed by atoms with van der Waals surface area (Å²) in [5.74, 6) is 2.06. The van der Waals surface area contributed by atoms with Crippen molar-refractivity contribution in [1.82, 2.24) is 10.1 Å². The van der Waals surface area contributed by atoms with Crippen molar-refractivity contribution in [3.63, 3.8) is 0 Å². The molecule has 0 aliphatic heterocycles. The van der Waals surface area contributed by atoms with E-state index in [2.05, 4.69) is 43.0 Å². The molecule has 0 bridgehead atoms. The average molecular weight is 287 g/mol. The molecule has 114 valence electrons. The third kappa shape index (κ3) is 3.91. The van der Waals surface area contributed by atoms with Crippen molar-refractivity contribution >= 4 is 0 Å². The monoisotopic (exact) mass is 287 g/mol. The normalized spacial score (nSPS) is 13.3. The molecule has 4 heteroatoms. The molecule has 0 amide bonds. The molecule has 0 aliphatic carbocycles. The summed E-state index contributed by atoms with van der Waals surface area (Å²) in [6.07, 6.45) is 2.89. The maximum Gasteiger partial charge on any atom is 0.226 e. The number of nitrogens with two attached hydrogens (primary N) is 1. The van der Waals surface area contributed by atoms with Crippen LogP contribution in [0.4, 0.5) is 0 Å². The van der Waals surface area contributed by atoms with Gasteiger partial charge in [0.1, 0.15) is 0 Å². The van der Waals surface area contributed by atoms with Crippen LogP contribution in [-0.2, 0) is 11.8 Å². The Hall–Kier alpha value is -1.68. The predicted molar refractivity (Wildman–Crippen MR) is 84.0 cm³/mol. The lowest BCUT2D eigenvalue weighted by molar-refractivity contribution is 0.353. The maximum absolute atomic E-state index is 5.57. The van der Waals surface area contributed by atoms with Gasteiger partial charge in [0.2, 0.25) is 5.89 Å². The van der Waals surface area contributed by atoms with E-state index in [0.717, 1.165) is 37.5 Å². The fourth-order valence-corrected chi connectivity index (χ4v) is 2.39. The third-order valence-electron chi connectivity index (χ3n) is 4.03. The van der Waals surface area contributed by atoms with Gasteiger partial charge in [0.15, 0.2) is 5.82 Å². The van der Waals surface area contributed by atoms with Gasteiger partial charge in [-0.05, 0) is 44.7 Å². The van der Waals surface area contributed by atoms with Crippen LogP contribution in [0.25, 0.3) is 0 Å². The third-order valence-corrected chi connectivity index (χ3v) is 4.03. The fourth-order valence-electron chi connectivity index (χ4n) is 2.39. The van der Waals surface area contributed by atoms with Gasteiger partial charge in [-0.1, -0.05) is 42.4 Å². The van der Waals surface area contributed by atoms with Gasteiger partial charge in [-0.25, -0.2) is 0 Å². The van der Waals surface area contributed by atoms with Crippen molar-refractivity contribution in [3.05, 3.63) is 47.6 Å². The Morgan fingerprint density at radius 1 is 1.19 bits per heavy atom. The molecule has 1 atom stereocenters. The lowest BCUT2D eigenvalue weighted by Gasteiger charge is -2.20. The second-order valence-corrected chi connectivity index (χ2v) is 6.22. The molecule has 0 saturated heterocycles. The molecule has 0 radical (unpaired) electrons. The van der Waals surface area contributed by atoms with E-state index in [0.29, 0.717) is 5.92 Å². The summed E-state index contributed by atoms with van der Waals surface area (Å²) in [4.78, 5) is 4.58. The zero-order chi connectivity index (χ0) is 15.3. The van der Waals surface area contributed by atoms with Gasteiger partial charge in [0.05, 0.1) is 5.41 Å². The SMILES string of the molecule is CC(CCN)CCc1nc(C(C)(C)c2ccccc2)no1. The topological polar surface area (TPSA) is 64.9 Å². The molecule has 2 N–H and O–H groups in total. The van der Waals surface area contributed by atoms with E-state index in [-0.39, 0.29) is 5.41 Å². The molecule has 2 aromatic rings. The van der Waals surface area contributed by atoms with E-state index in [4.69, 9.17) is 10.3 Å². The van der Waals surface area contributed by atoms with Crippen LogP contribution in [-0.4, -0.2) is 16.7 Å². The second kappa shape index (κ2) is 6.85. The highest BCUT2D eigenvalue weighted by atomic mass is 16.5. The fraction of sp³-hybridized carbons (Fsp3) is 0.529. The van der Waals surface area contributed by atoms with E-state index < -0.39 is 0 Å². The van der Waals surface area contributed by atoms with E-state index >= 15 is 0 Å². The van der Waals surface area contributed by atoms with Crippen molar-refractivity contribution in [2.45, 2.75) is 45.4 Å². The van der Waals surface area contributed by atoms with Crippen molar-refractivity contribution < 1.29 is 4.52 Å². The maximum atomic E-state index is 5.57. The molecule has 0 saturated carbocycles. The van der Waals surface area contributed by atoms with Crippen LogP contribution < -0.4 is 5.73 Å². The first kappa shape index (κ1) is 15.7. The lowest BCUT2D eigenvalue weighted by atomic mass is 9.84. The first-order chi connectivity index (χ1) is 10.0. The molecule has 1 unspecified atom stereocenters. The van der Waals surface area contributed by atoms with Gasteiger partial charge in [0.25, 0.3) is 0 Å². The molecule has 0 spiro atoms. The summed E-state index contributed by atoms with van der Waals surface area (Å²) in [6, 6.07) is 10.3. The van der Waals surface area contributed by atoms with Gasteiger partial charge < -0.3 is 10.3 Å². The van der Waals surface area contributed by atoms with Crippen molar-refractivity contribution in [2.75, 3.05) is 6.54 Å². The molecular weight excluding hydrogens is 262 g/mol. The summed E-state index contributed by atoms with van der Waals surface area (Å²) in [6.45, 7) is 7.18. The number of benzene rings is 1. The minimum atomic E-state index is -0.244. The van der Waals surface area contributed by atoms with Crippen molar-refractivity contribution in [2.24, 2.45) is 11.7 Å². The molecule has 21 heavy (non-hydrogen) atoms. The number of hydrogen-bond donors (Lipinski definition) is 1. The standard InChI is InChI=1S/C17H25N3O/c1-13(11-12-18)9-10-15-19-16(20-21-15)17(2,3)14-7-5-4-6-8-14/h4-8,13H,9-12,18H2,1-3H3. The molecule has 1 aromatic heterocycles. The average Bonchev–Trinajstić information content (AvgIpc) is 2.96. The number of aromatic nitrogens is 2. The number of hydrogen-bond acceptors (Lipinski definition) is 4. The predicted octanol–water partition coefficient (Wildman–Crippen LogP) is 3.31. The molecule has 4 nitrogen and oxygen atoms in total. The Kier molecular flexibility index (Phi) is 5.12. The largest absolute Gasteiger partial charge is 0.339 e. The Balaban J connectivity index is 2.05. The van der Waals surface area contributed by atoms with Gasteiger partial charge in [-0.2, -0.15) is 4.98 Å². The van der Waals surface area contributed by atoms with Crippen LogP contribution in [0.15, 0.2) is 34.9 Å². The zero-order valence-electron chi connectivity index (χ0n) is 13.2. The van der Waals surface area contributed by atoms with Crippen molar-refractivity contribution in [1.29, 1.82) is 0 Å².